The van der Waals surface area contributed by atoms with Gasteiger partial charge in [-0.2, -0.15) is 4.98 Å². The van der Waals surface area contributed by atoms with Crippen LogP contribution in [0.2, 0.25) is 0 Å². The normalized spacial score (nSPS) is 16.9. The van der Waals surface area contributed by atoms with Crippen molar-refractivity contribution in [3.63, 3.8) is 0 Å². The van der Waals surface area contributed by atoms with Crippen LogP contribution in [0.3, 0.4) is 0 Å². The van der Waals surface area contributed by atoms with Gasteiger partial charge in [-0.15, -0.1) is 0 Å². The Morgan fingerprint density at radius 3 is 2.31 bits per heavy atom. The van der Waals surface area contributed by atoms with Gasteiger partial charge in [-0.25, -0.2) is 24.5 Å². The third kappa shape index (κ3) is 9.86. The van der Waals surface area contributed by atoms with E-state index in [1.807, 2.05) is 84.1 Å². The maximum absolute atomic E-state index is 13.3. The molecule has 0 bridgehead atoms. The number of amides is 4. The van der Waals surface area contributed by atoms with Gasteiger partial charge in [-0.3, -0.25) is 19.9 Å². The fraction of sp³-hybridized carbons (Fsp3) is 0.426. The molecule has 0 aliphatic carbocycles. The summed E-state index contributed by atoms with van der Waals surface area (Å²) in [6.07, 6.45) is 6.06. The molecule has 0 saturated carbocycles. The van der Waals surface area contributed by atoms with Crippen LogP contribution >= 0.6 is 12.2 Å². The molecule has 5 aromatic rings. The summed E-state index contributed by atoms with van der Waals surface area (Å²) in [6, 6.07) is 17.4. The Bertz CT molecular complexity index is 2590. The smallest absolute Gasteiger partial charge is 0.372 e. The molecule has 0 spiro atoms. The molecule has 4 amide bonds. The zero-order valence-electron chi connectivity index (χ0n) is 37.3. The van der Waals surface area contributed by atoms with Crippen LogP contribution in [0.1, 0.15) is 86.2 Å². The molecule has 3 fully saturated rings. The number of carbonyl (C=O) groups excluding carboxylic acids is 3. The Morgan fingerprint density at radius 2 is 1.66 bits per heavy atom. The minimum Gasteiger partial charge on any atom is -0.372 e. The Balaban J connectivity index is 0.804. The number of piperazine rings is 1. The molecular weight excluding hydrogens is 829 g/mol. The second-order valence-electron chi connectivity index (χ2n) is 17.9. The van der Waals surface area contributed by atoms with Crippen LogP contribution in [0.5, 0.6) is 0 Å². The molecule has 16 nitrogen and oxygen atoms in total. The summed E-state index contributed by atoms with van der Waals surface area (Å²) >= 11 is 5.14. The molecule has 8 rings (SSSR count). The number of aryl methyl sites for hydroxylation is 2. The fourth-order valence-electron chi connectivity index (χ4n) is 8.68. The molecule has 3 aromatic heterocycles. The highest BCUT2D eigenvalue weighted by molar-refractivity contribution is 7.78. The van der Waals surface area contributed by atoms with Gasteiger partial charge in [0.05, 0.1) is 17.6 Å². The largest absolute Gasteiger partial charge is 0.487 e. The average Bonchev–Trinajstić information content (AvgIpc) is 3.80. The van der Waals surface area contributed by atoms with Gasteiger partial charge in [0.15, 0.2) is 11.9 Å². The van der Waals surface area contributed by atoms with Gasteiger partial charge in [0.25, 0.3) is 5.16 Å². The van der Waals surface area contributed by atoms with Gasteiger partial charge in [-0.05, 0) is 80.1 Å². The van der Waals surface area contributed by atoms with Crippen LogP contribution in [0, 0.1) is 19.8 Å². The lowest BCUT2D eigenvalue weighted by Gasteiger charge is -2.40. The highest BCUT2D eigenvalue weighted by atomic mass is 32.1. The summed E-state index contributed by atoms with van der Waals surface area (Å²) in [4.78, 5) is 64.5. The van der Waals surface area contributed by atoms with E-state index in [4.69, 9.17) is 21.7 Å². The van der Waals surface area contributed by atoms with Gasteiger partial charge < -0.3 is 19.6 Å². The lowest BCUT2D eigenvalue weighted by Crippen LogP contribution is -2.49. The zero-order chi connectivity index (χ0) is 45.1. The van der Waals surface area contributed by atoms with Crippen molar-refractivity contribution in [3.8, 4) is 11.3 Å². The molecule has 332 valence electrons. The first kappa shape index (κ1) is 44.2. The molecule has 0 radical (unpaired) electrons. The van der Waals surface area contributed by atoms with Crippen molar-refractivity contribution in [2.45, 2.75) is 72.3 Å². The number of isothiocyanates is 1. The van der Waals surface area contributed by atoms with Gasteiger partial charge >= 0.3 is 17.8 Å². The van der Waals surface area contributed by atoms with Crippen LogP contribution in [0.25, 0.3) is 11.3 Å². The van der Waals surface area contributed by atoms with Crippen molar-refractivity contribution in [3.05, 3.63) is 95.5 Å². The first-order chi connectivity index (χ1) is 30.7. The van der Waals surface area contributed by atoms with E-state index in [0.717, 1.165) is 98.0 Å². The summed E-state index contributed by atoms with van der Waals surface area (Å²) in [6.45, 7) is 19.2. The highest BCUT2D eigenvalue weighted by Gasteiger charge is 2.35. The topological polar surface area (TPSA) is 169 Å². The van der Waals surface area contributed by atoms with Crippen LogP contribution in [0.15, 0.2) is 71.6 Å². The Labute approximate surface area is 378 Å². The van der Waals surface area contributed by atoms with Crippen LogP contribution < -0.4 is 25.3 Å². The Kier molecular flexibility index (Phi) is 12.9. The number of pyridine rings is 1. The van der Waals surface area contributed by atoms with E-state index in [1.54, 1.807) is 4.90 Å². The molecule has 3 aliphatic rings. The van der Waals surface area contributed by atoms with Gasteiger partial charge in [0, 0.05) is 112 Å². The molecule has 64 heavy (non-hydrogen) atoms. The average molecular weight is 884 g/mol. The van der Waals surface area contributed by atoms with Crippen molar-refractivity contribution < 1.29 is 23.5 Å². The number of hydrogen-bond donors (Lipinski definition) is 2. The standard InChI is InChI=1S/C47H54N12O4S/c1-30-23-34(7-10-37(30)32(3)59(29-64)44(61)43-53-45(54-63-43)47(4,5)6)38-25-41(50-28-49-38)51-40-12-9-36(26-48-40)57-21-19-55(20-22-57)27-33-13-16-56(17-14-33)35-8-11-39(31(2)24-35)58-18-15-42(60)52-46(58)62/h7-12,23-26,28,32-33H,13-22,27H2,1-6H3,(H-,48,49,50,51,52,60,62)/p+1/t32-/m1/s1. The monoisotopic (exact) mass is 883 g/mol. The number of anilines is 5. The van der Waals surface area contributed by atoms with Gasteiger partial charge in [-0.1, -0.05) is 42.6 Å². The third-order valence-electron chi connectivity index (χ3n) is 12.4. The third-order valence-corrected chi connectivity index (χ3v) is 12.6. The second-order valence-corrected chi connectivity index (χ2v) is 18.1. The fourth-order valence-corrected chi connectivity index (χ4v) is 8.92. The molecule has 2 N–H and O–H groups in total. The van der Waals surface area contributed by atoms with E-state index < -0.39 is 11.9 Å². The summed E-state index contributed by atoms with van der Waals surface area (Å²) in [5.41, 5.74) is 7.28. The number of nitrogens with one attached hydrogen (secondary N) is 2. The minimum absolute atomic E-state index is 0.128. The number of benzene rings is 2. The van der Waals surface area contributed by atoms with E-state index in [9.17, 15) is 14.4 Å². The predicted molar refractivity (Wildman–Crippen MR) is 249 cm³/mol. The number of rotatable bonds is 11. The number of urea groups is 1. The minimum atomic E-state index is -0.505. The van der Waals surface area contributed by atoms with Crippen LogP contribution in [0.4, 0.5) is 33.5 Å². The van der Waals surface area contributed by atoms with Gasteiger partial charge in [0.1, 0.15) is 18.0 Å². The van der Waals surface area contributed by atoms with Gasteiger partial charge in [0.2, 0.25) is 5.91 Å². The second kappa shape index (κ2) is 18.7. The summed E-state index contributed by atoms with van der Waals surface area (Å²) in [5, 5.41) is 12.3. The van der Waals surface area contributed by atoms with E-state index in [2.05, 4.69) is 68.8 Å². The molecule has 17 heteroatoms. The summed E-state index contributed by atoms with van der Waals surface area (Å²) in [7, 11) is 0. The van der Waals surface area contributed by atoms with Crippen molar-refractivity contribution in [2.24, 2.45) is 5.92 Å². The van der Waals surface area contributed by atoms with Crippen LogP contribution in [-0.4, -0.2) is 110 Å². The number of nitrogens with zero attached hydrogens (tertiary/aromatic N) is 10. The molecule has 0 unspecified atom stereocenters. The zero-order valence-corrected chi connectivity index (χ0v) is 38.1. The Hall–Kier alpha value is -6.42. The van der Waals surface area contributed by atoms with Crippen molar-refractivity contribution >= 4 is 63.9 Å². The van der Waals surface area contributed by atoms with Crippen molar-refractivity contribution in [2.75, 3.05) is 72.4 Å². The van der Waals surface area contributed by atoms with Crippen molar-refractivity contribution in [1.29, 1.82) is 0 Å². The van der Waals surface area contributed by atoms with Crippen LogP contribution in [-0.2, 0) is 10.2 Å². The molecule has 6 heterocycles. The molecule has 3 saturated heterocycles. The Morgan fingerprint density at radius 1 is 0.906 bits per heavy atom. The number of piperidine rings is 1. The molecule has 2 aromatic carbocycles. The molecule has 1 atom stereocenters. The van der Waals surface area contributed by atoms with E-state index >= 15 is 0 Å². The predicted octanol–water partition coefficient (Wildman–Crippen LogP) is 7.08. The molecular formula is C47H55N12O4S+. The maximum Gasteiger partial charge on any atom is 0.487 e. The summed E-state index contributed by atoms with van der Waals surface area (Å²) < 4.78 is 6.60. The number of thiocarbonyl (C=S) groups is 1. The lowest BCUT2D eigenvalue weighted by atomic mass is 9.95. The SMILES string of the molecule is Cc1cc(-c2cc(Nc3ccc(N4CCN(CC5CCN(c6ccc(N7CCC(=O)NC7=O)c(C)c6)CC5)CC4)cn3)ncn2)ccc1[C@@H](C)[N+](=C=S)C(=O)c1nc(C(C)(C)C)no1. The van der Waals surface area contributed by atoms with Crippen molar-refractivity contribution in [1.82, 2.24) is 35.3 Å². The quantitative estimate of drug-likeness (QED) is 0.0784. The van der Waals surface area contributed by atoms with E-state index in [-0.39, 0.29) is 23.2 Å². The molecule has 3 aliphatic heterocycles. The number of hydrogen-bond acceptors (Lipinski definition) is 14. The van der Waals surface area contributed by atoms with E-state index in [0.29, 0.717) is 36.3 Å². The number of carbonyl (C=O) groups is 3. The lowest BCUT2D eigenvalue weighted by molar-refractivity contribution is -0.467. The number of aromatic nitrogens is 5. The maximum atomic E-state index is 13.3. The first-order valence-corrected chi connectivity index (χ1v) is 22.3. The summed E-state index contributed by atoms with van der Waals surface area (Å²) in [5.74, 6) is 1.56. The number of imide groups is 1. The van der Waals surface area contributed by atoms with E-state index in [1.165, 1.54) is 16.6 Å². The highest BCUT2D eigenvalue weighted by Crippen LogP contribution is 2.32. The first-order valence-electron chi connectivity index (χ1n) is 21.9.